The van der Waals surface area contributed by atoms with Gasteiger partial charge in [0, 0.05) is 39.0 Å². The predicted octanol–water partition coefficient (Wildman–Crippen LogP) is 3.44. The molecule has 0 saturated carbocycles. The van der Waals surface area contributed by atoms with E-state index in [2.05, 4.69) is 41.4 Å². The standard InChI is InChI=1S/C18H30N2O/c1-3-16-7-6-12-20(13-10-16)18-9-5-4-8-17(18)15-19-11-14-21-2/h4-5,8-9,16,19H,3,6-7,10-15H2,1-2H3. The Morgan fingerprint density at radius 3 is 2.90 bits per heavy atom. The molecule has 1 heterocycles. The van der Waals surface area contributed by atoms with Crippen LogP contribution in [0.5, 0.6) is 0 Å². The molecule has 0 amide bonds. The highest BCUT2D eigenvalue weighted by Gasteiger charge is 2.17. The van der Waals surface area contributed by atoms with Gasteiger partial charge in [0.05, 0.1) is 6.61 Å². The maximum atomic E-state index is 5.09. The second kappa shape index (κ2) is 9.06. The van der Waals surface area contributed by atoms with E-state index in [9.17, 15) is 0 Å². The number of nitrogens with one attached hydrogen (secondary N) is 1. The minimum Gasteiger partial charge on any atom is -0.383 e. The van der Waals surface area contributed by atoms with E-state index in [4.69, 9.17) is 4.74 Å². The molecule has 1 aliphatic heterocycles. The first-order chi connectivity index (χ1) is 10.3. The zero-order valence-corrected chi connectivity index (χ0v) is 13.6. The molecule has 1 aromatic rings. The van der Waals surface area contributed by atoms with Crippen LogP contribution in [0.25, 0.3) is 0 Å². The fourth-order valence-electron chi connectivity index (χ4n) is 3.18. The number of para-hydroxylation sites is 1. The minimum atomic E-state index is 0.768. The maximum absolute atomic E-state index is 5.09. The second-order valence-corrected chi connectivity index (χ2v) is 5.99. The highest BCUT2D eigenvalue weighted by atomic mass is 16.5. The van der Waals surface area contributed by atoms with Gasteiger partial charge in [0.1, 0.15) is 0 Å². The Balaban J connectivity index is 1.98. The van der Waals surface area contributed by atoms with Crippen LogP contribution >= 0.6 is 0 Å². The highest BCUT2D eigenvalue weighted by molar-refractivity contribution is 5.53. The third-order valence-electron chi connectivity index (χ3n) is 4.56. The molecule has 1 aromatic carbocycles. The van der Waals surface area contributed by atoms with Crippen molar-refractivity contribution in [2.75, 3.05) is 38.3 Å². The van der Waals surface area contributed by atoms with E-state index >= 15 is 0 Å². The molecule has 1 N–H and O–H groups in total. The molecule has 1 unspecified atom stereocenters. The quantitative estimate of drug-likeness (QED) is 0.779. The Kier molecular flexibility index (Phi) is 7.04. The van der Waals surface area contributed by atoms with E-state index in [-0.39, 0.29) is 0 Å². The van der Waals surface area contributed by atoms with E-state index in [0.29, 0.717) is 0 Å². The largest absolute Gasteiger partial charge is 0.383 e. The van der Waals surface area contributed by atoms with Crippen molar-refractivity contribution in [2.45, 2.75) is 39.2 Å². The number of nitrogens with zero attached hydrogens (tertiary/aromatic N) is 1. The summed E-state index contributed by atoms with van der Waals surface area (Å²) in [5, 5.41) is 3.47. The van der Waals surface area contributed by atoms with Gasteiger partial charge in [0.25, 0.3) is 0 Å². The number of anilines is 1. The first kappa shape index (κ1) is 16.3. The number of rotatable bonds is 7. The Morgan fingerprint density at radius 2 is 2.10 bits per heavy atom. The van der Waals surface area contributed by atoms with Gasteiger partial charge in [0.15, 0.2) is 0 Å². The summed E-state index contributed by atoms with van der Waals surface area (Å²) in [4.78, 5) is 2.59. The molecule has 0 aromatic heterocycles. The number of ether oxygens (including phenoxy) is 1. The number of hydrogen-bond donors (Lipinski definition) is 1. The van der Waals surface area contributed by atoms with Gasteiger partial charge in [-0.3, -0.25) is 0 Å². The van der Waals surface area contributed by atoms with E-state index in [1.165, 1.54) is 50.0 Å². The zero-order chi connectivity index (χ0) is 14.9. The van der Waals surface area contributed by atoms with Crippen molar-refractivity contribution in [2.24, 2.45) is 5.92 Å². The van der Waals surface area contributed by atoms with E-state index in [1.54, 1.807) is 7.11 Å². The van der Waals surface area contributed by atoms with E-state index < -0.39 is 0 Å². The smallest absolute Gasteiger partial charge is 0.0587 e. The summed E-state index contributed by atoms with van der Waals surface area (Å²) in [7, 11) is 1.75. The minimum absolute atomic E-state index is 0.768. The molecule has 2 rings (SSSR count). The SMILES string of the molecule is CCC1CCCN(c2ccccc2CNCCOC)CC1. The molecule has 3 heteroatoms. The lowest BCUT2D eigenvalue weighted by Gasteiger charge is -2.26. The molecular weight excluding hydrogens is 260 g/mol. The molecule has 21 heavy (non-hydrogen) atoms. The Labute approximate surface area is 129 Å². The highest BCUT2D eigenvalue weighted by Crippen LogP contribution is 2.26. The molecular formula is C18H30N2O. The van der Waals surface area contributed by atoms with Crippen molar-refractivity contribution in [3.8, 4) is 0 Å². The lowest BCUT2D eigenvalue weighted by atomic mass is 9.98. The van der Waals surface area contributed by atoms with Crippen molar-refractivity contribution < 1.29 is 4.74 Å². The van der Waals surface area contributed by atoms with Crippen molar-refractivity contribution in [1.29, 1.82) is 0 Å². The summed E-state index contributed by atoms with van der Waals surface area (Å²) < 4.78 is 5.09. The zero-order valence-electron chi connectivity index (χ0n) is 13.6. The van der Waals surface area contributed by atoms with Crippen molar-refractivity contribution in [3.05, 3.63) is 29.8 Å². The van der Waals surface area contributed by atoms with Gasteiger partial charge < -0.3 is 15.0 Å². The summed E-state index contributed by atoms with van der Waals surface area (Å²) in [6.07, 6.45) is 5.38. The lowest BCUT2D eigenvalue weighted by molar-refractivity contribution is 0.199. The van der Waals surface area contributed by atoms with Gasteiger partial charge in [-0.1, -0.05) is 31.5 Å². The van der Waals surface area contributed by atoms with Gasteiger partial charge in [-0.2, -0.15) is 0 Å². The van der Waals surface area contributed by atoms with E-state index in [0.717, 1.165) is 25.6 Å². The van der Waals surface area contributed by atoms with Crippen LogP contribution in [0.4, 0.5) is 5.69 Å². The first-order valence-corrected chi connectivity index (χ1v) is 8.37. The van der Waals surface area contributed by atoms with Crippen LogP contribution in [0.15, 0.2) is 24.3 Å². The van der Waals surface area contributed by atoms with Crippen LogP contribution in [0, 0.1) is 5.92 Å². The van der Waals surface area contributed by atoms with Gasteiger partial charge in [-0.15, -0.1) is 0 Å². The third kappa shape index (κ3) is 5.01. The number of methoxy groups -OCH3 is 1. The second-order valence-electron chi connectivity index (χ2n) is 5.99. The molecule has 1 saturated heterocycles. The van der Waals surface area contributed by atoms with Gasteiger partial charge in [0.2, 0.25) is 0 Å². The molecule has 118 valence electrons. The Hall–Kier alpha value is -1.06. The molecule has 1 fully saturated rings. The molecule has 0 aliphatic carbocycles. The van der Waals surface area contributed by atoms with Crippen LogP contribution in [0.2, 0.25) is 0 Å². The summed E-state index contributed by atoms with van der Waals surface area (Å²) in [6.45, 7) is 7.33. The monoisotopic (exact) mass is 290 g/mol. The van der Waals surface area contributed by atoms with Crippen LogP contribution in [0.1, 0.15) is 38.2 Å². The first-order valence-electron chi connectivity index (χ1n) is 8.37. The molecule has 0 spiro atoms. The fourth-order valence-corrected chi connectivity index (χ4v) is 3.18. The van der Waals surface area contributed by atoms with Crippen LogP contribution in [0.3, 0.4) is 0 Å². The number of hydrogen-bond acceptors (Lipinski definition) is 3. The van der Waals surface area contributed by atoms with E-state index in [1.807, 2.05) is 0 Å². The van der Waals surface area contributed by atoms with Crippen molar-refractivity contribution in [1.82, 2.24) is 5.32 Å². The molecule has 1 atom stereocenters. The van der Waals surface area contributed by atoms with Crippen molar-refractivity contribution >= 4 is 5.69 Å². The third-order valence-corrected chi connectivity index (χ3v) is 4.56. The molecule has 1 aliphatic rings. The normalized spacial score (nSPS) is 19.5. The predicted molar refractivity (Wildman–Crippen MR) is 89.9 cm³/mol. The molecule has 0 radical (unpaired) electrons. The van der Waals surface area contributed by atoms with Gasteiger partial charge >= 0.3 is 0 Å². The van der Waals surface area contributed by atoms with Gasteiger partial charge in [-0.25, -0.2) is 0 Å². The molecule has 0 bridgehead atoms. The molecule has 3 nitrogen and oxygen atoms in total. The van der Waals surface area contributed by atoms with Gasteiger partial charge in [-0.05, 0) is 36.8 Å². The average molecular weight is 290 g/mol. The summed E-state index contributed by atoms with van der Waals surface area (Å²) in [5.41, 5.74) is 2.82. The Bertz CT molecular complexity index is 408. The van der Waals surface area contributed by atoms with Crippen LogP contribution in [-0.4, -0.2) is 33.4 Å². The number of benzene rings is 1. The Morgan fingerprint density at radius 1 is 1.24 bits per heavy atom. The lowest BCUT2D eigenvalue weighted by Crippen LogP contribution is -2.27. The average Bonchev–Trinajstić information content (AvgIpc) is 2.77. The summed E-state index contributed by atoms with van der Waals surface area (Å²) >= 11 is 0. The maximum Gasteiger partial charge on any atom is 0.0587 e. The summed E-state index contributed by atoms with van der Waals surface area (Å²) in [6, 6.07) is 8.83. The van der Waals surface area contributed by atoms with Crippen LogP contribution < -0.4 is 10.2 Å². The topological polar surface area (TPSA) is 24.5 Å². The van der Waals surface area contributed by atoms with Crippen LogP contribution in [-0.2, 0) is 11.3 Å². The summed E-state index contributed by atoms with van der Waals surface area (Å²) in [5.74, 6) is 0.919. The van der Waals surface area contributed by atoms with Crippen molar-refractivity contribution in [3.63, 3.8) is 0 Å². The fraction of sp³-hybridized carbons (Fsp3) is 0.667.